The number of nitrogens with zero attached hydrogens (tertiary/aromatic N) is 3. The first kappa shape index (κ1) is 14.7. The van der Waals surface area contributed by atoms with E-state index in [1.165, 1.54) is 11.5 Å². The van der Waals surface area contributed by atoms with Crippen LogP contribution in [0.4, 0.5) is 9.93 Å². The molecule has 1 aromatic rings. The summed E-state index contributed by atoms with van der Waals surface area (Å²) in [7, 11) is 0. The molecule has 2 amide bonds. The topological polar surface area (TPSA) is 95.4 Å². The minimum absolute atomic E-state index is 0.155. The second-order valence-corrected chi connectivity index (χ2v) is 5.69. The smallest absolute Gasteiger partial charge is 0.323 e. The second kappa shape index (κ2) is 6.65. The lowest BCUT2D eigenvalue weighted by Crippen LogP contribution is -2.41. The summed E-state index contributed by atoms with van der Waals surface area (Å²) in [5.74, 6) is 0.299. The molecule has 1 fully saturated rings. The summed E-state index contributed by atoms with van der Waals surface area (Å²) < 4.78 is 4.01. The monoisotopic (exact) mass is 298 g/mol. The highest BCUT2D eigenvalue weighted by atomic mass is 32.1. The Labute approximate surface area is 121 Å². The molecule has 2 N–H and O–H groups in total. The first-order chi connectivity index (χ1) is 9.54. The Morgan fingerprint density at radius 3 is 2.70 bits per heavy atom. The molecule has 0 spiro atoms. The van der Waals surface area contributed by atoms with Crippen LogP contribution in [0.2, 0.25) is 0 Å². The lowest BCUT2D eigenvalue weighted by molar-refractivity contribution is -0.137. The summed E-state index contributed by atoms with van der Waals surface area (Å²) in [6.45, 7) is 3.10. The number of nitrogens with one attached hydrogen (secondary N) is 1. The van der Waals surface area contributed by atoms with Crippen LogP contribution in [0.5, 0.6) is 0 Å². The summed E-state index contributed by atoms with van der Waals surface area (Å²) in [4.78, 5) is 28.4. The number of aryl methyl sites for hydroxylation is 1. The van der Waals surface area contributed by atoms with E-state index < -0.39 is 5.97 Å². The van der Waals surface area contributed by atoms with Gasteiger partial charge in [0, 0.05) is 31.0 Å². The van der Waals surface area contributed by atoms with Gasteiger partial charge in [-0.1, -0.05) is 0 Å². The minimum atomic E-state index is -0.753. The van der Waals surface area contributed by atoms with Gasteiger partial charge in [0.15, 0.2) is 0 Å². The van der Waals surface area contributed by atoms with Gasteiger partial charge in [0.1, 0.15) is 5.82 Å². The summed E-state index contributed by atoms with van der Waals surface area (Å²) in [6.07, 6.45) is 2.62. The number of hydrogen-bond donors (Lipinski definition) is 2. The number of amides is 2. The van der Waals surface area contributed by atoms with Crippen LogP contribution < -0.4 is 5.32 Å². The van der Waals surface area contributed by atoms with Gasteiger partial charge in [-0.2, -0.15) is 4.37 Å². The van der Waals surface area contributed by atoms with E-state index in [1.54, 1.807) is 11.8 Å². The Morgan fingerprint density at radius 1 is 1.45 bits per heavy atom. The van der Waals surface area contributed by atoms with E-state index in [-0.39, 0.29) is 12.5 Å². The van der Waals surface area contributed by atoms with Crippen molar-refractivity contribution >= 4 is 28.7 Å². The van der Waals surface area contributed by atoms with Crippen molar-refractivity contribution in [1.29, 1.82) is 0 Å². The zero-order chi connectivity index (χ0) is 14.5. The van der Waals surface area contributed by atoms with Gasteiger partial charge >= 0.3 is 12.0 Å². The zero-order valence-electron chi connectivity index (χ0n) is 11.3. The maximum atomic E-state index is 12.0. The van der Waals surface area contributed by atoms with Crippen LogP contribution >= 0.6 is 11.5 Å². The molecule has 1 aromatic heterocycles. The van der Waals surface area contributed by atoms with Crippen molar-refractivity contribution in [3.63, 3.8) is 0 Å². The summed E-state index contributed by atoms with van der Waals surface area (Å²) in [6, 6.07) is -0.155. The van der Waals surface area contributed by atoms with Crippen LogP contribution in [-0.2, 0) is 4.79 Å². The molecular formula is C12H18N4O3S. The van der Waals surface area contributed by atoms with Crippen molar-refractivity contribution in [2.45, 2.75) is 32.6 Å². The number of carboxylic acids is 1. The molecule has 0 unspecified atom stereocenters. The lowest BCUT2D eigenvalue weighted by atomic mass is 9.92. The van der Waals surface area contributed by atoms with Gasteiger partial charge in [-0.05, 0) is 32.1 Å². The van der Waals surface area contributed by atoms with Crippen LogP contribution in [0.3, 0.4) is 0 Å². The summed E-state index contributed by atoms with van der Waals surface area (Å²) in [5, 5.41) is 11.9. The Hall–Kier alpha value is -1.70. The number of likely N-dealkylation sites (tertiary alicyclic amines) is 1. The van der Waals surface area contributed by atoms with Gasteiger partial charge in [-0.25, -0.2) is 9.78 Å². The number of aliphatic carboxylic acids is 1. The van der Waals surface area contributed by atoms with Crippen LogP contribution in [0.1, 0.15) is 31.5 Å². The highest BCUT2D eigenvalue weighted by Crippen LogP contribution is 2.22. The summed E-state index contributed by atoms with van der Waals surface area (Å²) in [5.41, 5.74) is 0. The number of carbonyl (C=O) groups excluding carboxylic acids is 1. The molecule has 1 saturated heterocycles. The fraction of sp³-hybridized carbons (Fsp3) is 0.667. The molecule has 20 heavy (non-hydrogen) atoms. The van der Waals surface area contributed by atoms with Crippen LogP contribution in [-0.4, -0.2) is 44.5 Å². The van der Waals surface area contributed by atoms with Crippen molar-refractivity contribution in [3.8, 4) is 0 Å². The van der Waals surface area contributed by atoms with Crippen LogP contribution in [0.15, 0.2) is 0 Å². The van der Waals surface area contributed by atoms with Crippen molar-refractivity contribution < 1.29 is 14.7 Å². The predicted molar refractivity (Wildman–Crippen MR) is 74.8 cm³/mol. The van der Waals surface area contributed by atoms with E-state index in [9.17, 15) is 9.59 Å². The maximum absolute atomic E-state index is 12.0. The fourth-order valence-electron chi connectivity index (χ4n) is 2.27. The third-order valence-corrected chi connectivity index (χ3v) is 4.13. The predicted octanol–water partition coefficient (Wildman–Crippen LogP) is 1.96. The van der Waals surface area contributed by atoms with E-state index in [1.807, 2.05) is 0 Å². The van der Waals surface area contributed by atoms with Crippen molar-refractivity contribution in [3.05, 3.63) is 5.82 Å². The molecule has 0 aliphatic carbocycles. The third-order valence-electron chi connectivity index (χ3n) is 3.41. The molecule has 0 saturated carbocycles. The average Bonchev–Trinajstić information content (AvgIpc) is 2.82. The first-order valence-electron chi connectivity index (χ1n) is 6.62. The fourth-order valence-corrected chi connectivity index (χ4v) is 2.84. The van der Waals surface area contributed by atoms with Crippen molar-refractivity contribution in [2.24, 2.45) is 5.92 Å². The number of aromatic nitrogens is 2. The number of hydrogen-bond acceptors (Lipinski definition) is 5. The molecule has 8 heteroatoms. The van der Waals surface area contributed by atoms with Gasteiger partial charge in [0.25, 0.3) is 0 Å². The second-order valence-electron chi connectivity index (χ2n) is 4.94. The van der Waals surface area contributed by atoms with Gasteiger partial charge in [-0.15, -0.1) is 0 Å². The number of anilines is 1. The number of urea groups is 1. The Morgan fingerprint density at radius 2 is 2.15 bits per heavy atom. The molecule has 2 rings (SSSR count). The normalized spacial score (nSPS) is 16.1. The molecule has 0 aromatic carbocycles. The van der Waals surface area contributed by atoms with Gasteiger partial charge in [0.05, 0.1) is 0 Å². The molecule has 1 aliphatic heterocycles. The zero-order valence-corrected chi connectivity index (χ0v) is 12.2. The molecule has 1 aliphatic rings. The van der Waals surface area contributed by atoms with Crippen LogP contribution in [0, 0.1) is 12.8 Å². The van der Waals surface area contributed by atoms with E-state index in [0.29, 0.717) is 36.4 Å². The van der Waals surface area contributed by atoms with Gasteiger partial charge in [0.2, 0.25) is 5.13 Å². The highest BCUT2D eigenvalue weighted by Gasteiger charge is 2.23. The number of piperidine rings is 1. The maximum Gasteiger partial charge on any atom is 0.323 e. The van der Waals surface area contributed by atoms with Gasteiger partial charge in [-0.3, -0.25) is 10.1 Å². The standard InChI is InChI=1S/C12H18N4O3S/c1-8-13-11(20-15-8)14-12(19)16-6-4-9(5-7-16)2-3-10(17)18/h9H,2-7H2,1H3,(H,17,18)(H,13,14,15,19). The Balaban J connectivity index is 1.75. The van der Waals surface area contributed by atoms with Crippen LogP contribution in [0.25, 0.3) is 0 Å². The first-order valence-corrected chi connectivity index (χ1v) is 7.40. The quantitative estimate of drug-likeness (QED) is 0.886. The highest BCUT2D eigenvalue weighted by molar-refractivity contribution is 7.09. The molecule has 110 valence electrons. The molecule has 7 nitrogen and oxygen atoms in total. The lowest BCUT2D eigenvalue weighted by Gasteiger charge is -2.31. The van der Waals surface area contributed by atoms with Gasteiger partial charge < -0.3 is 10.0 Å². The number of carbonyl (C=O) groups is 2. The Bertz CT molecular complexity index is 483. The van der Waals surface area contributed by atoms with E-state index >= 15 is 0 Å². The van der Waals surface area contributed by atoms with E-state index in [4.69, 9.17) is 5.11 Å². The largest absolute Gasteiger partial charge is 0.481 e. The summed E-state index contributed by atoms with van der Waals surface area (Å²) >= 11 is 1.17. The average molecular weight is 298 g/mol. The molecule has 2 heterocycles. The SMILES string of the molecule is Cc1nsc(NC(=O)N2CCC(CCC(=O)O)CC2)n1. The molecule has 0 atom stereocenters. The van der Waals surface area contributed by atoms with E-state index in [0.717, 1.165) is 12.8 Å². The van der Waals surface area contributed by atoms with E-state index in [2.05, 4.69) is 14.7 Å². The van der Waals surface area contributed by atoms with Crippen molar-refractivity contribution in [2.75, 3.05) is 18.4 Å². The molecule has 0 radical (unpaired) electrons. The number of carboxylic acid groups (broad SMARTS) is 1. The minimum Gasteiger partial charge on any atom is -0.481 e. The number of rotatable bonds is 4. The molecular weight excluding hydrogens is 280 g/mol. The Kier molecular flexibility index (Phi) is 4.89. The molecule has 0 bridgehead atoms. The van der Waals surface area contributed by atoms with Crippen molar-refractivity contribution in [1.82, 2.24) is 14.3 Å². The third kappa shape index (κ3) is 4.16.